The predicted octanol–water partition coefficient (Wildman–Crippen LogP) is 0.101. The molecule has 23 heteroatoms. The molecule has 0 spiro atoms. The topological polar surface area (TPSA) is 243 Å². The number of anilines is 2. The maximum atomic E-state index is 16.0. The van der Waals surface area contributed by atoms with Crippen LogP contribution in [0.15, 0.2) is 29.7 Å². The number of imidazole rings is 1. The first kappa shape index (κ1) is 30.9. The van der Waals surface area contributed by atoms with Crippen molar-refractivity contribution >= 4 is 49.1 Å². The van der Waals surface area contributed by atoms with Crippen molar-refractivity contribution < 1.29 is 50.7 Å². The number of phosphoric ester groups is 1. The molecule has 0 saturated carbocycles. The minimum atomic E-state index is -5.22. The number of nitrogen functional groups attached to an aromatic ring is 2. The van der Waals surface area contributed by atoms with Crippen LogP contribution in [0.2, 0.25) is 0 Å². The minimum absolute atomic E-state index is 0.0231. The van der Waals surface area contributed by atoms with E-state index in [2.05, 4.69) is 19.9 Å². The number of phosphoric acid groups is 1. The summed E-state index contributed by atoms with van der Waals surface area (Å²) in [6.07, 6.45) is -10.1. The molecule has 3 aromatic rings. The van der Waals surface area contributed by atoms with Gasteiger partial charge in [-0.25, -0.2) is 33.1 Å². The molecule has 2 bridgehead atoms. The average Bonchev–Trinajstić information content (AvgIpc) is 3.48. The first-order valence-electron chi connectivity index (χ1n) is 11.9. The zero-order chi connectivity index (χ0) is 30.4. The number of methoxy groups -OCH3 is 1. The van der Waals surface area contributed by atoms with Crippen LogP contribution in [0.25, 0.3) is 11.2 Å². The quantitative estimate of drug-likeness (QED) is 0.273. The van der Waals surface area contributed by atoms with Crippen LogP contribution < -0.4 is 17.2 Å². The number of hydrogen-bond acceptors (Lipinski definition) is 15. The Labute approximate surface area is 239 Å². The van der Waals surface area contributed by atoms with Gasteiger partial charge in [0.25, 0.3) is 0 Å². The number of fused-ring (bicyclic) bond motifs is 3. The van der Waals surface area contributed by atoms with Crippen LogP contribution in [-0.2, 0) is 43.9 Å². The Morgan fingerprint density at radius 3 is 2.57 bits per heavy atom. The summed E-state index contributed by atoms with van der Waals surface area (Å²) >= 11 is 5.02. The third kappa shape index (κ3) is 6.22. The highest BCUT2D eigenvalue weighted by Gasteiger charge is 2.51. The Morgan fingerprint density at radius 1 is 1.10 bits per heavy atom. The van der Waals surface area contributed by atoms with Crippen LogP contribution >= 0.6 is 14.5 Å². The fourth-order valence-corrected chi connectivity index (χ4v) is 6.56. The van der Waals surface area contributed by atoms with Gasteiger partial charge in [-0.1, -0.05) is 0 Å². The van der Waals surface area contributed by atoms with Gasteiger partial charge in [0.1, 0.15) is 36.0 Å². The van der Waals surface area contributed by atoms with E-state index in [0.717, 1.165) is 35.1 Å². The predicted molar refractivity (Wildman–Crippen MR) is 140 cm³/mol. The molecule has 6 N–H and O–H groups in total. The lowest BCUT2D eigenvalue weighted by atomic mass is 10.1. The van der Waals surface area contributed by atoms with E-state index in [1.165, 1.54) is 6.07 Å². The third-order valence-corrected chi connectivity index (χ3v) is 8.80. The summed E-state index contributed by atoms with van der Waals surface area (Å²) in [6.45, 7) is -6.17. The van der Waals surface area contributed by atoms with Gasteiger partial charge in [-0.2, -0.15) is 4.98 Å². The summed E-state index contributed by atoms with van der Waals surface area (Å²) < 4.78 is 78.0. The van der Waals surface area contributed by atoms with Gasteiger partial charge in [-0.15, -0.1) is 0 Å². The van der Waals surface area contributed by atoms with Crippen LogP contribution in [0.1, 0.15) is 12.5 Å². The van der Waals surface area contributed by atoms with Crippen molar-refractivity contribution in [1.82, 2.24) is 29.1 Å². The molecule has 2 aliphatic rings. The summed E-state index contributed by atoms with van der Waals surface area (Å²) in [5, 5.41) is 0. The monoisotopic (exact) mass is 656 g/mol. The fraction of sp³-hybridized carbons (Fsp3) is 0.526. The first-order valence-corrected chi connectivity index (χ1v) is 15.9. The van der Waals surface area contributed by atoms with Crippen molar-refractivity contribution in [1.29, 1.82) is 0 Å². The number of ether oxygens (including phenoxy) is 2. The highest BCUT2D eigenvalue weighted by Crippen LogP contribution is 2.53. The van der Waals surface area contributed by atoms with Crippen molar-refractivity contribution in [3.8, 4) is 0 Å². The molecule has 42 heavy (non-hydrogen) atoms. The van der Waals surface area contributed by atoms with Gasteiger partial charge in [0.2, 0.25) is 0 Å². The Kier molecular flexibility index (Phi) is 8.72. The molecular weight excluding hydrogens is 632 g/mol. The molecule has 2 unspecified atom stereocenters. The van der Waals surface area contributed by atoms with Crippen LogP contribution in [0.3, 0.4) is 0 Å². The van der Waals surface area contributed by atoms with Crippen molar-refractivity contribution in [2.24, 2.45) is 0 Å². The van der Waals surface area contributed by atoms with E-state index in [4.69, 9.17) is 50.8 Å². The highest BCUT2D eigenvalue weighted by molar-refractivity contribution is 8.07. The van der Waals surface area contributed by atoms with Gasteiger partial charge in [0, 0.05) is 13.3 Å². The molecule has 0 aliphatic carbocycles. The van der Waals surface area contributed by atoms with E-state index in [0.29, 0.717) is 0 Å². The second kappa shape index (κ2) is 11.9. The zero-order valence-corrected chi connectivity index (χ0v) is 23.9. The molecule has 5 heterocycles. The number of aromatic nitrogens is 6. The largest absolute Gasteiger partial charge is 0.474 e. The maximum absolute atomic E-state index is 16.0. The van der Waals surface area contributed by atoms with Gasteiger partial charge in [-0.05, 0) is 17.9 Å². The Bertz CT molecular complexity index is 1620. The molecule has 0 aromatic carbocycles. The van der Waals surface area contributed by atoms with Gasteiger partial charge in [0.15, 0.2) is 36.3 Å². The maximum Gasteiger partial charge on any atom is 0.474 e. The molecule has 230 valence electrons. The number of alkyl halides is 2. The molecule has 0 amide bonds. The van der Waals surface area contributed by atoms with Crippen LogP contribution in [0.5, 0.6) is 0 Å². The fourth-order valence-electron chi connectivity index (χ4n) is 4.26. The number of hydrogen-bond donors (Lipinski definition) is 4. The summed E-state index contributed by atoms with van der Waals surface area (Å²) in [4.78, 5) is 49.1. The highest BCUT2D eigenvalue weighted by atomic mass is 32.5. The molecule has 5 rings (SSSR count). The van der Waals surface area contributed by atoms with E-state index in [-0.39, 0.29) is 22.8 Å². The van der Waals surface area contributed by atoms with E-state index in [1.54, 1.807) is 0 Å². The lowest BCUT2D eigenvalue weighted by Gasteiger charge is -2.31. The van der Waals surface area contributed by atoms with E-state index in [9.17, 15) is 19.1 Å². The summed E-state index contributed by atoms with van der Waals surface area (Å²) in [6, 6.07) is 1.21. The zero-order valence-electron chi connectivity index (χ0n) is 21.3. The molecule has 2 fully saturated rings. The summed E-state index contributed by atoms with van der Waals surface area (Å²) in [5.74, 6) is -0.216. The third-order valence-electron chi connectivity index (χ3n) is 6.28. The summed E-state index contributed by atoms with van der Waals surface area (Å²) in [5.41, 5.74) is 10.3. The molecular formula is C19H24F2N8O10P2S. The SMILES string of the molecule is CO[C@@H]1COP(O)(=S)O[C@@H]2[C@H](F)[C@@H](COP(=O)(O)O[C@@H](n3cnc4c(N)ncnc43)[C@@H]1F)O[C@H]2n1ccc(N)nc1=O. The molecule has 9 atom stereocenters. The summed E-state index contributed by atoms with van der Waals surface area (Å²) in [7, 11) is -4.15. The van der Waals surface area contributed by atoms with Gasteiger partial charge >= 0.3 is 20.2 Å². The molecule has 3 aromatic heterocycles. The second-order valence-corrected chi connectivity index (χ2v) is 13.1. The van der Waals surface area contributed by atoms with E-state index >= 15 is 8.78 Å². The lowest BCUT2D eigenvalue weighted by Crippen LogP contribution is -2.38. The van der Waals surface area contributed by atoms with Crippen molar-refractivity contribution in [3.63, 3.8) is 0 Å². The van der Waals surface area contributed by atoms with Crippen LogP contribution in [-0.4, -0.2) is 89.8 Å². The Hall–Kier alpha value is -2.55. The van der Waals surface area contributed by atoms with Crippen molar-refractivity contribution in [3.05, 3.63) is 35.4 Å². The van der Waals surface area contributed by atoms with Gasteiger partial charge in [-0.3, -0.25) is 22.7 Å². The molecule has 18 nitrogen and oxygen atoms in total. The average molecular weight is 656 g/mol. The van der Waals surface area contributed by atoms with E-state index in [1.807, 2.05) is 0 Å². The minimum Gasteiger partial charge on any atom is -0.383 e. The Balaban J connectivity index is 1.52. The standard InChI is InChI=1S/C19H24F2N8O10P2S/c1-34-8-4-36-41(33,42)38-14-11(20)9(37-18(14)28-3-2-10(22)27-19(28)30)5-35-40(31,32)39-17(12(8)21)29-7-26-13-15(23)24-6-25-16(13)29/h2-3,6-9,11-12,14,17-18H,4-5H2,1H3,(H,31,32)(H,33,42)(H2,22,27,30)(H2,23,24,25)/t8-,9-,11-,12-,14-,17-,18-,41?/m1/s1. The normalized spacial score (nSPS) is 36.5. The Morgan fingerprint density at radius 2 is 1.86 bits per heavy atom. The second-order valence-electron chi connectivity index (χ2n) is 8.95. The number of nitrogens with two attached hydrogens (primary N) is 2. The molecule has 2 aliphatic heterocycles. The smallest absolute Gasteiger partial charge is 0.383 e. The number of rotatable bonds is 3. The molecule has 0 radical (unpaired) electrons. The number of nitrogens with zero attached hydrogens (tertiary/aromatic N) is 6. The van der Waals surface area contributed by atoms with E-state index < -0.39 is 76.6 Å². The van der Waals surface area contributed by atoms with Gasteiger partial charge < -0.3 is 35.3 Å². The van der Waals surface area contributed by atoms with Gasteiger partial charge in [0.05, 0.1) is 19.5 Å². The lowest BCUT2D eigenvalue weighted by molar-refractivity contribution is -0.0805. The van der Waals surface area contributed by atoms with Crippen LogP contribution in [0, 0.1) is 0 Å². The molecule has 2 saturated heterocycles. The first-order chi connectivity index (χ1) is 19.8. The number of halogens is 2. The van der Waals surface area contributed by atoms with Crippen LogP contribution in [0.4, 0.5) is 20.4 Å². The van der Waals surface area contributed by atoms with Crippen molar-refractivity contribution in [2.75, 3.05) is 31.8 Å². The van der Waals surface area contributed by atoms with Crippen molar-refractivity contribution in [2.45, 2.75) is 43.1 Å².